The molecule has 1 atom stereocenters. The summed E-state index contributed by atoms with van der Waals surface area (Å²) in [6, 6.07) is 13.5. The van der Waals surface area contributed by atoms with E-state index in [9.17, 15) is 0 Å². The second kappa shape index (κ2) is 4.06. The predicted molar refractivity (Wildman–Crippen MR) is 67.4 cm³/mol. The average Bonchev–Trinajstić information content (AvgIpc) is 2.27. The van der Waals surface area contributed by atoms with E-state index in [1.54, 1.807) is 0 Å². The summed E-state index contributed by atoms with van der Waals surface area (Å²) in [5.74, 6) is 0.662. The topological polar surface area (TPSA) is 0 Å². The number of hydrogen-bond donors (Lipinski definition) is 0. The van der Waals surface area contributed by atoms with Gasteiger partial charge in [0.25, 0.3) is 0 Å². The minimum atomic E-state index is 0.662. The van der Waals surface area contributed by atoms with Crippen LogP contribution in [0.25, 0.3) is 10.8 Å². The van der Waals surface area contributed by atoms with E-state index in [-0.39, 0.29) is 0 Å². The van der Waals surface area contributed by atoms with Gasteiger partial charge < -0.3 is 0 Å². The highest BCUT2D eigenvalue weighted by Crippen LogP contribution is 2.24. The minimum Gasteiger partial charge on any atom is -0.0648 e. The molecule has 0 aliphatic carbocycles. The molecule has 0 bridgehead atoms. The van der Waals surface area contributed by atoms with Gasteiger partial charge in [-0.15, -0.1) is 0 Å². The number of rotatable bonds is 2. The molecule has 2 aromatic rings. The highest BCUT2D eigenvalue weighted by atomic mass is 14.1. The van der Waals surface area contributed by atoms with Crippen molar-refractivity contribution in [3.63, 3.8) is 0 Å². The predicted octanol–water partition coefficient (Wildman–Crippen LogP) is 4.66. The van der Waals surface area contributed by atoms with E-state index in [1.165, 1.54) is 28.3 Å². The van der Waals surface area contributed by atoms with Gasteiger partial charge in [-0.05, 0) is 35.6 Å². The second-order valence-corrected chi connectivity index (χ2v) is 4.42. The Labute approximate surface area is 91.9 Å². The van der Waals surface area contributed by atoms with Crippen molar-refractivity contribution in [1.82, 2.24) is 0 Å². The molecule has 0 aliphatic rings. The van der Waals surface area contributed by atoms with Crippen molar-refractivity contribution >= 4 is 10.8 Å². The Kier molecular flexibility index (Phi) is 2.77. The molecule has 0 N–H and O–H groups in total. The van der Waals surface area contributed by atoms with Gasteiger partial charge in [0, 0.05) is 0 Å². The zero-order valence-corrected chi connectivity index (χ0v) is 9.75. The van der Waals surface area contributed by atoms with Gasteiger partial charge in [0.15, 0.2) is 0 Å². The molecule has 78 valence electrons. The Bertz CT molecular complexity index is 468. The monoisotopic (exact) mass is 198 g/mol. The van der Waals surface area contributed by atoms with Crippen molar-refractivity contribution in [3.05, 3.63) is 47.5 Å². The number of hydrogen-bond acceptors (Lipinski definition) is 0. The van der Waals surface area contributed by atoms with Crippen LogP contribution in [0.4, 0.5) is 0 Å². The first kappa shape index (κ1) is 10.2. The van der Waals surface area contributed by atoms with E-state index >= 15 is 0 Å². The first-order valence-corrected chi connectivity index (χ1v) is 5.71. The average molecular weight is 198 g/mol. The van der Waals surface area contributed by atoms with Crippen LogP contribution in [0, 0.1) is 6.92 Å². The van der Waals surface area contributed by atoms with Crippen molar-refractivity contribution in [2.24, 2.45) is 0 Å². The SMILES string of the molecule is CCC(C)c1ccc2ccc(C)cc2c1. The zero-order chi connectivity index (χ0) is 10.8. The fraction of sp³-hybridized carbons (Fsp3) is 0.333. The lowest BCUT2D eigenvalue weighted by Gasteiger charge is -2.10. The molecule has 0 fully saturated rings. The Morgan fingerprint density at radius 1 is 1.00 bits per heavy atom. The highest BCUT2D eigenvalue weighted by molar-refractivity contribution is 5.83. The third-order valence-electron chi connectivity index (χ3n) is 3.20. The Balaban J connectivity index is 2.54. The van der Waals surface area contributed by atoms with Crippen LogP contribution >= 0.6 is 0 Å². The van der Waals surface area contributed by atoms with Gasteiger partial charge >= 0.3 is 0 Å². The quantitative estimate of drug-likeness (QED) is 0.658. The van der Waals surface area contributed by atoms with E-state index in [2.05, 4.69) is 57.2 Å². The molecule has 1 unspecified atom stereocenters. The van der Waals surface area contributed by atoms with Crippen molar-refractivity contribution < 1.29 is 0 Å². The maximum atomic E-state index is 2.33. The minimum absolute atomic E-state index is 0.662. The lowest BCUT2D eigenvalue weighted by Crippen LogP contribution is -1.90. The van der Waals surface area contributed by atoms with E-state index in [1.807, 2.05) is 0 Å². The van der Waals surface area contributed by atoms with E-state index in [4.69, 9.17) is 0 Å². The maximum absolute atomic E-state index is 2.33. The summed E-state index contributed by atoms with van der Waals surface area (Å²) in [6.07, 6.45) is 1.21. The summed E-state index contributed by atoms with van der Waals surface area (Å²) in [4.78, 5) is 0. The molecule has 0 spiro atoms. The molecule has 15 heavy (non-hydrogen) atoms. The normalized spacial score (nSPS) is 13.0. The van der Waals surface area contributed by atoms with Crippen LogP contribution in [-0.2, 0) is 0 Å². The van der Waals surface area contributed by atoms with Crippen molar-refractivity contribution in [3.8, 4) is 0 Å². The van der Waals surface area contributed by atoms with E-state index in [0.29, 0.717) is 5.92 Å². The number of benzene rings is 2. The standard InChI is InChI=1S/C15H18/c1-4-12(3)14-8-7-13-6-5-11(2)9-15(13)10-14/h5-10,12H,4H2,1-3H3. The molecule has 0 amide bonds. The van der Waals surface area contributed by atoms with Crippen molar-refractivity contribution in [2.45, 2.75) is 33.1 Å². The molecule has 0 saturated carbocycles. The van der Waals surface area contributed by atoms with Crippen LogP contribution in [0.3, 0.4) is 0 Å². The molecule has 0 aliphatic heterocycles. The summed E-state index contributed by atoms with van der Waals surface area (Å²) >= 11 is 0. The van der Waals surface area contributed by atoms with Crippen LogP contribution < -0.4 is 0 Å². The van der Waals surface area contributed by atoms with Gasteiger partial charge in [-0.1, -0.05) is 55.8 Å². The third kappa shape index (κ3) is 2.04. The van der Waals surface area contributed by atoms with Crippen LogP contribution in [0.1, 0.15) is 37.3 Å². The Morgan fingerprint density at radius 2 is 1.73 bits per heavy atom. The van der Waals surface area contributed by atoms with Crippen LogP contribution in [-0.4, -0.2) is 0 Å². The summed E-state index contributed by atoms with van der Waals surface area (Å²) < 4.78 is 0. The maximum Gasteiger partial charge on any atom is -0.0179 e. The largest absolute Gasteiger partial charge is 0.0648 e. The molecular weight excluding hydrogens is 180 g/mol. The molecule has 2 rings (SSSR count). The van der Waals surface area contributed by atoms with Crippen LogP contribution in [0.2, 0.25) is 0 Å². The van der Waals surface area contributed by atoms with Gasteiger partial charge in [0.1, 0.15) is 0 Å². The van der Waals surface area contributed by atoms with Gasteiger partial charge in [-0.3, -0.25) is 0 Å². The first-order chi connectivity index (χ1) is 7.20. The molecule has 0 heterocycles. The molecule has 0 nitrogen and oxygen atoms in total. The van der Waals surface area contributed by atoms with Gasteiger partial charge in [0.05, 0.1) is 0 Å². The molecule has 0 saturated heterocycles. The number of fused-ring (bicyclic) bond motifs is 1. The summed E-state index contributed by atoms with van der Waals surface area (Å²) in [5.41, 5.74) is 2.79. The fourth-order valence-corrected chi connectivity index (χ4v) is 1.93. The highest BCUT2D eigenvalue weighted by Gasteiger charge is 2.03. The van der Waals surface area contributed by atoms with Gasteiger partial charge in [-0.2, -0.15) is 0 Å². The van der Waals surface area contributed by atoms with E-state index in [0.717, 1.165) is 0 Å². The van der Waals surface area contributed by atoms with Crippen LogP contribution in [0.15, 0.2) is 36.4 Å². The molecule has 2 aromatic carbocycles. The Morgan fingerprint density at radius 3 is 2.47 bits per heavy atom. The Hall–Kier alpha value is -1.30. The van der Waals surface area contributed by atoms with Crippen molar-refractivity contribution in [1.29, 1.82) is 0 Å². The number of aryl methyl sites for hydroxylation is 1. The van der Waals surface area contributed by atoms with Gasteiger partial charge in [-0.25, -0.2) is 0 Å². The van der Waals surface area contributed by atoms with E-state index < -0.39 is 0 Å². The van der Waals surface area contributed by atoms with Crippen molar-refractivity contribution in [2.75, 3.05) is 0 Å². The zero-order valence-electron chi connectivity index (χ0n) is 9.75. The molecule has 0 aromatic heterocycles. The molecule has 0 heteroatoms. The summed E-state index contributed by atoms with van der Waals surface area (Å²) in [6.45, 7) is 6.68. The summed E-state index contributed by atoms with van der Waals surface area (Å²) in [7, 11) is 0. The second-order valence-electron chi connectivity index (χ2n) is 4.42. The van der Waals surface area contributed by atoms with Crippen LogP contribution in [0.5, 0.6) is 0 Å². The fourth-order valence-electron chi connectivity index (χ4n) is 1.93. The molecule has 0 radical (unpaired) electrons. The third-order valence-corrected chi connectivity index (χ3v) is 3.20. The first-order valence-electron chi connectivity index (χ1n) is 5.71. The smallest absolute Gasteiger partial charge is 0.0179 e. The summed E-state index contributed by atoms with van der Waals surface area (Å²) in [5, 5.41) is 2.71. The molecular formula is C15H18. The lowest BCUT2D eigenvalue weighted by atomic mass is 9.95. The lowest BCUT2D eigenvalue weighted by molar-refractivity contribution is 0.735. The van der Waals surface area contributed by atoms with Gasteiger partial charge in [0.2, 0.25) is 0 Å².